The van der Waals surface area contributed by atoms with Gasteiger partial charge < -0.3 is 30.1 Å². The van der Waals surface area contributed by atoms with Gasteiger partial charge in [-0.05, 0) is 60.9 Å². The van der Waals surface area contributed by atoms with E-state index in [2.05, 4.69) is 23.6 Å². The fourth-order valence-electron chi connectivity index (χ4n) is 6.23. The molecule has 6 atom stereocenters. The Kier molecular flexibility index (Phi) is 12.2. The van der Waals surface area contributed by atoms with Crippen molar-refractivity contribution in [3.8, 4) is 5.75 Å². The molecule has 4 rings (SSSR count). The van der Waals surface area contributed by atoms with Crippen LogP contribution >= 0.6 is 0 Å². The minimum atomic E-state index is -0.867. The average molecular weight is 592 g/mol. The van der Waals surface area contributed by atoms with Gasteiger partial charge in [0.1, 0.15) is 11.8 Å². The van der Waals surface area contributed by atoms with Gasteiger partial charge in [-0.15, -0.1) is 0 Å². The second kappa shape index (κ2) is 16.0. The minimum absolute atomic E-state index is 0.00941. The summed E-state index contributed by atoms with van der Waals surface area (Å²) in [5.41, 5.74) is 3.23. The normalized spacial score (nSPS) is 25.1. The molecular formula is C35H49N3O5. The van der Waals surface area contributed by atoms with Crippen molar-refractivity contribution in [3.63, 3.8) is 0 Å². The maximum Gasteiger partial charge on any atom is 0.243 e. The van der Waals surface area contributed by atoms with Gasteiger partial charge in [-0.25, -0.2) is 0 Å². The molecule has 1 unspecified atom stereocenters. The molecule has 2 aromatic carbocycles. The SMILES string of the molecule is CCCCC(CC)C(=O)N(C)[C@H]1CC=CCO[C@@H]2C[C@H](NC[C@@H](O)[C@H](Cc3ccccc3)NC1=O)c1cc(OC)ccc12. The smallest absolute Gasteiger partial charge is 0.243 e. The summed E-state index contributed by atoms with van der Waals surface area (Å²) in [6.07, 6.45) is 7.99. The van der Waals surface area contributed by atoms with Gasteiger partial charge in [-0.3, -0.25) is 9.59 Å². The monoisotopic (exact) mass is 591 g/mol. The summed E-state index contributed by atoms with van der Waals surface area (Å²) in [7, 11) is 3.39. The molecule has 2 amide bonds. The molecule has 8 heteroatoms. The van der Waals surface area contributed by atoms with Crippen molar-refractivity contribution in [3.05, 3.63) is 77.4 Å². The quantitative estimate of drug-likeness (QED) is 0.360. The number of amides is 2. The standard InChI is InChI=1S/C35H49N3O5/c1-5-7-15-25(6-2)35(41)38(3)31-16-11-12-19-43-33-22-29(28-21-26(42-4)17-18-27(28)33)36-23-32(39)30(37-34(31)40)20-24-13-9-8-10-14-24/h8-14,17-18,21,25,29-33,36,39H,5-7,15-16,19-20,22-23H2,1-4H3,(H,37,40)/t25?,29-,30-,31-,32+,33+/m0/s1. The third-order valence-corrected chi connectivity index (χ3v) is 8.92. The van der Waals surface area contributed by atoms with Gasteiger partial charge in [0, 0.05) is 25.6 Å². The second-order valence-corrected chi connectivity index (χ2v) is 11.8. The zero-order valence-corrected chi connectivity index (χ0v) is 26.1. The van der Waals surface area contributed by atoms with Gasteiger partial charge >= 0.3 is 0 Å². The number of nitrogens with zero attached hydrogens (tertiary/aromatic N) is 1. The van der Waals surface area contributed by atoms with Crippen LogP contribution in [0.5, 0.6) is 5.75 Å². The van der Waals surface area contributed by atoms with Gasteiger partial charge in [0.2, 0.25) is 11.8 Å². The maximum atomic E-state index is 13.9. The number of carbonyl (C=O) groups excluding carboxylic acids is 2. The zero-order valence-electron chi connectivity index (χ0n) is 26.1. The molecule has 2 bridgehead atoms. The summed E-state index contributed by atoms with van der Waals surface area (Å²) in [4.78, 5) is 29.1. The van der Waals surface area contributed by atoms with Crippen molar-refractivity contribution >= 4 is 11.8 Å². The fourth-order valence-corrected chi connectivity index (χ4v) is 6.23. The molecule has 0 spiro atoms. The molecule has 2 aliphatic rings. The Bertz CT molecular complexity index is 1220. The van der Waals surface area contributed by atoms with Crippen LogP contribution in [0.25, 0.3) is 0 Å². The fraction of sp³-hybridized carbons (Fsp3) is 0.543. The van der Waals surface area contributed by atoms with Crippen LogP contribution in [0.2, 0.25) is 0 Å². The number of hydrogen-bond acceptors (Lipinski definition) is 6. The van der Waals surface area contributed by atoms with Crippen molar-refractivity contribution in [1.29, 1.82) is 0 Å². The first-order chi connectivity index (χ1) is 20.9. The van der Waals surface area contributed by atoms with E-state index in [9.17, 15) is 14.7 Å². The Morgan fingerprint density at radius 3 is 2.65 bits per heavy atom. The molecule has 3 N–H and O–H groups in total. The number of ether oxygens (including phenoxy) is 2. The molecule has 234 valence electrons. The number of likely N-dealkylation sites (N-methyl/N-ethyl adjacent to an activating group) is 1. The Morgan fingerprint density at radius 2 is 1.93 bits per heavy atom. The number of methoxy groups -OCH3 is 1. The van der Waals surface area contributed by atoms with Crippen LogP contribution < -0.4 is 15.4 Å². The molecule has 8 nitrogen and oxygen atoms in total. The molecule has 0 saturated heterocycles. The van der Waals surface area contributed by atoms with Gasteiger partial charge in [-0.1, -0.05) is 75.2 Å². The number of aliphatic hydroxyl groups is 1. The van der Waals surface area contributed by atoms with Crippen LogP contribution in [-0.2, 0) is 20.7 Å². The highest BCUT2D eigenvalue weighted by atomic mass is 16.5. The van der Waals surface area contributed by atoms with Gasteiger partial charge in [-0.2, -0.15) is 0 Å². The first kappa shape index (κ1) is 32.7. The number of β-amino-alcohol motifs (C(OH)–C–C–N with tert-alkyl or cyclic N) is 1. The average Bonchev–Trinajstić information content (AvgIpc) is 3.37. The highest BCUT2D eigenvalue weighted by Crippen LogP contribution is 2.42. The Hall–Kier alpha value is -3.20. The first-order valence-corrected chi connectivity index (χ1v) is 15.8. The van der Waals surface area contributed by atoms with Crippen LogP contribution in [0, 0.1) is 5.92 Å². The summed E-state index contributed by atoms with van der Waals surface area (Å²) < 4.78 is 11.8. The largest absolute Gasteiger partial charge is 0.497 e. The van der Waals surface area contributed by atoms with Crippen LogP contribution in [0.3, 0.4) is 0 Å². The number of unbranched alkanes of at least 4 members (excludes halogenated alkanes) is 1. The second-order valence-electron chi connectivity index (χ2n) is 11.8. The van der Waals surface area contributed by atoms with E-state index in [-0.39, 0.29) is 36.4 Å². The third kappa shape index (κ3) is 8.46. The lowest BCUT2D eigenvalue weighted by Crippen LogP contribution is -2.55. The summed E-state index contributed by atoms with van der Waals surface area (Å²) in [6.45, 7) is 4.82. The number of aliphatic hydroxyl groups excluding tert-OH is 1. The molecule has 1 aliphatic heterocycles. The van der Waals surface area contributed by atoms with E-state index < -0.39 is 18.2 Å². The van der Waals surface area contributed by atoms with Crippen LogP contribution in [0.1, 0.15) is 81.2 Å². The Morgan fingerprint density at radius 1 is 1.14 bits per heavy atom. The number of benzene rings is 2. The summed E-state index contributed by atoms with van der Waals surface area (Å²) in [5.74, 6) is 0.383. The lowest BCUT2D eigenvalue weighted by Gasteiger charge is -2.32. The molecule has 1 aliphatic carbocycles. The molecular weight excluding hydrogens is 542 g/mol. The predicted molar refractivity (Wildman–Crippen MR) is 169 cm³/mol. The molecule has 0 fully saturated rings. The highest BCUT2D eigenvalue weighted by molar-refractivity contribution is 5.88. The molecule has 2 aromatic rings. The van der Waals surface area contributed by atoms with Crippen molar-refractivity contribution in [1.82, 2.24) is 15.5 Å². The zero-order chi connectivity index (χ0) is 30.8. The number of hydrogen-bond donors (Lipinski definition) is 3. The van der Waals surface area contributed by atoms with E-state index in [4.69, 9.17) is 9.47 Å². The molecule has 0 radical (unpaired) electrons. The van der Waals surface area contributed by atoms with E-state index >= 15 is 0 Å². The van der Waals surface area contributed by atoms with E-state index in [0.29, 0.717) is 19.4 Å². The lowest BCUT2D eigenvalue weighted by atomic mass is 9.96. The number of fused-ring (bicyclic) bond motifs is 5. The van der Waals surface area contributed by atoms with E-state index in [1.165, 1.54) is 0 Å². The lowest BCUT2D eigenvalue weighted by molar-refractivity contribution is -0.142. The Balaban J connectivity index is 1.62. The molecule has 1 heterocycles. The van der Waals surface area contributed by atoms with E-state index in [1.54, 1.807) is 19.1 Å². The van der Waals surface area contributed by atoms with Crippen molar-refractivity contribution < 1.29 is 24.2 Å². The van der Waals surface area contributed by atoms with Crippen molar-refractivity contribution in [2.24, 2.45) is 5.92 Å². The molecule has 0 aromatic heterocycles. The highest BCUT2D eigenvalue weighted by Gasteiger charge is 2.35. The minimum Gasteiger partial charge on any atom is -0.497 e. The number of nitrogens with one attached hydrogen (secondary N) is 2. The molecule has 43 heavy (non-hydrogen) atoms. The number of carbonyl (C=O) groups is 2. The number of rotatable bonds is 9. The Labute approximate surface area is 256 Å². The third-order valence-electron chi connectivity index (χ3n) is 8.92. The van der Waals surface area contributed by atoms with Gasteiger partial charge in [0.15, 0.2) is 0 Å². The first-order valence-electron chi connectivity index (χ1n) is 15.8. The van der Waals surface area contributed by atoms with Crippen molar-refractivity contribution in [2.75, 3.05) is 27.3 Å². The summed E-state index contributed by atoms with van der Waals surface area (Å²) >= 11 is 0. The molecule has 0 saturated carbocycles. The topological polar surface area (TPSA) is 100 Å². The predicted octanol–water partition coefficient (Wildman–Crippen LogP) is 4.88. The van der Waals surface area contributed by atoms with E-state index in [1.807, 2.05) is 61.5 Å². The van der Waals surface area contributed by atoms with Crippen LogP contribution in [0.4, 0.5) is 0 Å². The summed E-state index contributed by atoms with van der Waals surface area (Å²) in [6, 6.07) is 14.6. The maximum absolute atomic E-state index is 13.9. The van der Waals surface area contributed by atoms with E-state index in [0.717, 1.165) is 54.5 Å². The van der Waals surface area contributed by atoms with Crippen molar-refractivity contribution in [2.45, 2.75) is 89.1 Å². The van der Waals surface area contributed by atoms with Gasteiger partial charge in [0.25, 0.3) is 0 Å². The van der Waals surface area contributed by atoms with Gasteiger partial charge in [0.05, 0.1) is 32.0 Å². The van der Waals surface area contributed by atoms with Crippen LogP contribution in [0.15, 0.2) is 60.7 Å². The summed E-state index contributed by atoms with van der Waals surface area (Å²) in [5, 5.41) is 18.2. The van der Waals surface area contributed by atoms with Crippen LogP contribution in [-0.4, -0.2) is 67.3 Å².